The fourth-order valence-corrected chi connectivity index (χ4v) is 4.55. The van der Waals surface area contributed by atoms with Gasteiger partial charge in [-0.25, -0.2) is 0 Å². The monoisotopic (exact) mass is 553 g/mol. The second-order valence-electron chi connectivity index (χ2n) is 10.1. The highest BCUT2D eigenvalue weighted by atomic mass is 16.4. The molecule has 1 aliphatic rings. The van der Waals surface area contributed by atoms with E-state index in [9.17, 15) is 29.7 Å². The third-order valence-corrected chi connectivity index (χ3v) is 6.93. The van der Waals surface area contributed by atoms with E-state index in [0.717, 1.165) is 24.2 Å². The number of phenols is 1. The molecular formula is C29H39N5O6. The number of benzene rings is 2. The zero-order valence-electron chi connectivity index (χ0n) is 23.1. The number of carboxylic acid groups (broad SMARTS) is 2. The van der Waals surface area contributed by atoms with E-state index in [1.807, 2.05) is 48.2 Å². The van der Waals surface area contributed by atoms with Crippen LogP contribution >= 0.6 is 0 Å². The lowest BCUT2D eigenvalue weighted by Crippen LogP contribution is -2.47. The van der Waals surface area contributed by atoms with E-state index in [-0.39, 0.29) is 30.8 Å². The van der Waals surface area contributed by atoms with Crippen LogP contribution < -0.4 is 5.32 Å². The molecule has 11 nitrogen and oxygen atoms in total. The van der Waals surface area contributed by atoms with E-state index < -0.39 is 11.9 Å². The molecule has 2 aromatic carbocycles. The van der Waals surface area contributed by atoms with Crippen molar-refractivity contribution in [3.05, 3.63) is 65.7 Å². The molecule has 4 N–H and O–H groups in total. The fourth-order valence-electron chi connectivity index (χ4n) is 4.55. The number of aromatic hydroxyl groups is 1. The molecule has 1 amide bonds. The van der Waals surface area contributed by atoms with Crippen molar-refractivity contribution < 1.29 is 29.7 Å². The van der Waals surface area contributed by atoms with Crippen LogP contribution in [0.1, 0.15) is 17.2 Å². The topological polar surface area (TPSA) is 137 Å². The number of anilines is 1. The summed E-state index contributed by atoms with van der Waals surface area (Å²) in [6, 6.07) is 13.9. The molecule has 1 fully saturated rings. The molecule has 0 radical (unpaired) electrons. The third kappa shape index (κ3) is 10.4. The van der Waals surface area contributed by atoms with Crippen molar-refractivity contribution in [2.24, 2.45) is 0 Å². The van der Waals surface area contributed by atoms with Crippen molar-refractivity contribution in [2.75, 3.05) is 78.3 Å². The number of carboxylic acids is 2. The standard InChI is InChI=1S/C29H39N5O6/c1-31-13-15-32(2)26(19-34(21-29(39)40)18-17-33(16-14-31)20-28(37)38)23-6-8-24(9-7-23)30-27(36)12-5-22-3-10-25(35)11-4-22/h3-12,26,35H,13-21H2,1-2H3,(H,30,36)(H,37,38)(H,39,40)/b12-5+. The molecule has 1 atom stereocenters. The minimum Gasteiger partial charge on any atom is -0.508 e. The Morgan fingerprint density at radius 1 is 0.825 bits per heavy atom. The van der Waals surface area contributed by atoms with Gasteiger partial charge in [0.1, 0.15) is 5.75 Å². The smallest absolute Gasteiger partial charge is 0.317 e. The highest BCUT2D eigenvalue weighted by Gasteiger charge is 2.24. The maximum Gasteiger partial charge on any atom is 0.317 e. The molecule has 0 spiro atoms. The second kappa shape index (κ2) is 15.1. The van der Waals surface area contributed by atoms with E-state index in [0.29, 0.717) is 38.4 Å². The maximum absolute atomic E-state index is 12.4. The predicted octanol–water partition coefficient (Wildman–Crippen LogP) is 1.74. The van der Waals surface area contributed by atoms with Gasteiger partial charge in [-0.3, -0.25) is 29.1 Å². The summed E-state index contributed by atoms with van der Waals surface area (Å²) in [6.45, 7) is 3.91. The molecule has 1 unspecified atom stereocenters. The van der Waals surface area contributed by atoms with Gasteiger partial charge in [0.25, 0.3) is 0 Å². The average molecular weight is 554 g/mol. The van der Waals surface area contributed by atoms with E-state index in [2.05, 4.69) is 15.1 Å². The van der Waals surface area contributed by atoms with Crippen LogP contribution in [-0.4, -0.2) is 126 Å². The van der Waals surface area contributed by atoms with Gasteiger partial charge in [0.2, 0.25) is 5.91 Å². The second-order valence-corrected chi connectivity index (χ2v) is 10.1. The first-order valence-electron chi connectivity index (χ1n) is 13.2. The lowest BCUT2D eigenvalue weighted by molar-refractivity contribution is -0.140. The van der Waals surface area contributed by atoms with Crippen molar-refractivity contribution in [1.82, 2.24) is 19.6 Å². The summed E-state index contributed by atoms with van der Waals surface area (Å²) in [4.78, 5) is 43.5. The zero-order chi connectivity index (χ0) is 29.1. The Morgan fingerprint density at radius 3 is 2.05 bits per heavy atom. The summed E-state index contributed by atoms with van der Waals surface area (Å²) in [5, 5.41) is 31.1. The van der Waals surface area contributed by atoms with Crippen LogP contribution in [0.3, 0.4) is 0 Å². The predicted molar refractivity (Wildman–Crippen MR) is 153 cm³/mol. The number of likely N-dealkylation sites (N-methyl/N-ethyl adjacent to an activating group) is 2. The lowest BCUT2D eigenvalue weighted by Gasteiger charge is -2.36. The normalized spacial score (nSPS) is 19.1. The number of nitrogens with zero attached hydrogens (tertiary/aromatic N) is 4. The Bertz CT molecular complexity index is 1150. The van der Waals surface area contributed by atoms with Crippen LogP contribution in [0.5, 0.6) is 5.75 Å². The molecule has 11 heteroatoms. The molecule has 0 saturated carbocycles. The van der Waals surface area contributed by atoms with Crippen molar-refractivity contribution in [3.63, 3.8) is 0 Å². The van der Waals surface area contributed by atoms with Crippen molar-refractivity contribution in [3.8, 4) is 5.75 Å². The molecule has 0 aromatic heterocycles. The van der Waals surface area contributed by atoms with Crippen LogP contribution in [0, 0.1) is 0 Å². The van der Waals surface area contributed by atoms with Crippen molar-refractivity contribution in [1.29, 1.82) is 0 Å². The number of hydrogen-bond acceptors (Lipinski definition) is 8. The Hall–Kier alpha value is -3.77. The molecule has 0 aliphatic carbocycles. The van der Waals surface area contributed by atoms with Crippen LogP contribution in [0.15, 0.2) is 54.6 Å². The first-order chi connectivity index (χ1) is 19.1. The summed E-state index contributed by atoms with van der Waals surface area (Å²) in [6.07, 6.45) is 3.09. The van der Waals surface area contributed by atoms with Gasteiger partial charge in [-0.1, -0.05) is 24.3 Å². The van der Waals surface area contributed by atoms with E-state index in [1.165, 1.54) is 6.08 Å². The van der Waals surface area contributed by atoms with Crippen molar-refractivity contribution in [2.45, 2.75) is 6.04 Å². The number of rotatable bonds is 8. The number of aliphatic carboxylic acids is 2. The van der Waals surface area contributed by atoms with Crippen LogP contribution in [0.25, 0.3) is 6.08 Å². The summed E-state index contributed by atoms with van der Waals surface area (Å²) < 4.78 is 0. The minimum absolute atomic E-state index is 0.0879. The SMILES string of the molecule is CN1CCN(CC(=O)O)CCN(CC(=O)O)CC(c2ccc(NC(=O)/C=C/c3ccc(O)cc3)cc2)N(C)CC1. The third-order valence-electron chi connectivity index (χ3n) is 6.93. The minimum atomic E-state index is -0.934. The van der Waals surface area contributed by atoms with Gasteiger partial charge < -0.3 is 25.5 Å². The van der Waals surface area contributed by atoms with Gasteiger partial charge in [-0.05, 0) is 55.6 Å². The number of nitrogens with one attached hydrogen (secondary N) is 1. The first kappa shape index (κ1) is 30.8. The Kier molecular flexibility index (Phi) is 11.6. The fraction of sp³-hybridized carbons (Fsp3) is 0.414. The van der Waals surface area contributed by atoms with Gasteiger partial charge in [-0.2, -0.15) is 0 Å². The first-order valence-corrected chi connectivity index (χ1v) is 13.2. The molecule has 0 bridgehead atoms. The van der Waals surface area contributed by atoms with E-state index in [1.54, 1.807) is 30.3 Å². The molecule has 2 aromatic rings. The van der Waals surface area contributed by atoms with Crippen molar-refractivity contribution >= 4 is 29.6 Å². The van der Waals surface area contributed by atoms with E-state index >= 15 is 0 Å². The van der Waals surface area contributed by atoms with Gasteiger partial charge >= 0.3 is 11.9 Å². The van der Waals surface area contributed by atoms with Crippen LogP contribution in [0.4, 0.5) is 5.69 Å². The number of carbonyl (C=O) groups is 3. The quantitative estimate of drug-likeness (QED) is 0.358. The number of hydrogen-bond donors (Lipinski definition) is 4. The largest absolute Gasteiger partial charge is 0.508 e. The molecular weight excluding hydrogens is 514 g/mol. The van der Waals surface area contributed by atoms with Gasteiger partial charge in [0.05, 0.1) is 13.1 Å². The molecule has 216 valence electrons. The Morgan fingerprint density at radius 2 is 1.40 bits per heavy atom. The highest BCUT2D eigenvalue weighted by Crippen LogP contribution is 2.23. The van der Waals surface area contributed by atoms with Crippen LogP contribution in [0.2, 0.25) is 0 Å². The maximum atomic E-state index is 12.4. The summed E-state index contributed by atoms with van der Waals surface area (Å²) >= 11 is 0. The molecule has 3 rings (SSSR count). The average Bonchev–Trinajstić information content (AvgIpc) is 2.90. The number of phenolic OH excluding ortho intramolecular Hbond substituents is 1. The van der Waals surface area contributed by atoms with Crippen LogP contribution in [-0.2, 0) is 14.4 Å². The van der Waals surface area contributed by atoms with Gasteiger partial charge in [0, 0.05) is 63.6 Å². The molecule has 1 heterocycles. The zero-order valence-corrected chi connectivity index (χ0v) is 23.1. The van der Waals surface area contributed by atoms with E-state index in [4.69, 9.17) is 0 Å². The highest BCUT2D eigenvalue weighted by molar-refractivity contribution is 6.01. The Balaban J connectivity index is 1.73. The summed E-state index contributed by atoms with van der Waals surface area (Å²) in [7, 11) is 4.03. The Labute approximate surface area is 234 Å². The lowest BCUT2D eigenvalue weighted by atomic mass is 10.0. The van der Waals surface area contributed by atoms with Gasteiger partial charge in [0.15, 0.2) is 0 Å². The molecule has 1 aliphatic heterocycles. The molecule has 40 heavy (non-hydrogen) atoms. The number of carbonyl (C=O) groups excluding carboxylic acids is 1. The van der Waals surface area contributed by atoms with Gasteiger partial charge in [-0.15, -0.1) is 0 Å². The number of amides is 1. The summed E-state index contributed by atoms with van der Waals surface area (Å²) in [5.41, 5.74) is 2.40. The summed E-state index contributed by atoms with van der Waals surface area (Å²) in [5.74, 6) is -1.96. The molecule has 1 saturated heterocycles.